The van der Waals surface area contributed by atoms with Crippen LogP contribution in [0.25, 0.3) is 0 Å². The number of allylic oxidation sites excluding steroid dienone is 1. The maximum Gasteiger partial charge on any atom is 0.306 e. The molecular weight excluding hydrogens is 679 g/mol. The molecule has 55 heavy (non-hydrogen) atoms. The summed E-state index contributed by atoms with van der Waals surface area (Å²) in [7, 11) is 0. The summed E-state index contributed by atoms with van der Waals surface area (Å²) >= 11 is 0. The van der Waals surface area contributed by atoms with Gasteiger partial charge in [0.1, 0.15) is 11.9 Å². The van der Waals surface area contributed by atoms with Crippen LogP contribution in [0.5, 0.6) is 0 Å². The zero-order valence-electron chi connectivity index (χ0n) is 34.3. The Morgan fingerprint density at radius 3 is 2.40 bits per heavy atom. The first kappa shape index (κ1) is 39.6. The van der Waals surface area contributed by atoms with Gasteiger partial charge in [0.05, 0.1) is 18.7 Å². The van der Waals surface area contributed by atoms with Crippen molar-refractivity contribution in [3.63, 3.8) is 0 Å². The van der Waals surface area contributed by atoms with Crippen LogP contribution in [-0.2, 0) is 25.7 Å². The Balaban J connectivity index is 0.866. The maximum absolute atomic E-state index is 13.5. The summed E-state index contributed by atoms with van der Waals surface area (Å²) in [5, 5.41) is 0. The van der Waals surface area contributed by atoms with E-state index in [-0.39, 0.29) is 54.9 Å². The molecule has 3 fully saturated rings. The van der Waals surface area contributed by atoms with Gasteiger partial charge in [-0.25, -0.2) is 0 Å². The normalized spacial score (nSPS) is 29.8. The third-order valence-electron chi connectivity index (χ3n) is 15.2. The monoisotopic (exact) mass is 743 g/mol. The minimum atomic E-state index is -0.266. The van der Waals surface area contributed by atoms with Crippen molar-refractivity contribution in [3.05, 3.63) is 76.9 Å². The summed E-state index contributed by atoms with van der Waals surface area (Å²) in [5.74, 6) is 11.1. The third kappa shape index (κ3) is 8.40. The Morgan fingerprint density at radius 1 is 0.818 bits per heavy atom. The van der Waals surface area contributed by atoms with Gasteiger partial charge in [-0.2, -0.15) is 0 Å². The van der Waals surface area contributed by atoms with Gasteiger partial charge >= 0.3 is 5.97 Å². The summed E-state index contributed by atoms with van der Waals surface area (Å²) in [5.41, 5.74) is 5.79. The molecule has 0 N–H and O–H groups in total. The smallest absolute Gasteiger partial charge is 0.306 e. The lowest BCUT2D eigenvalue weighted by Crippen LogP contribution is -2.51. The zero-order valence-corrected chi connectivity index (χ0v) is 34.3. The van der Waals surface area contributed by atoms with Crippen LogP contribution in [-0.4, -0.2) is 23.8 Å². The van der Waals surface area contributed by atoms with Crippen LogP contribution in [0.15, 0.2) is 60.2 Å². The highest BCUT2D eigenvalue weighted by Crippen LogP contribution is 2.67. The van der Waals surface area contributed by atoms with E-state index in [0.717, 1.165) is 77.1 Å². The molecule has 4 aliphatic carbocycles. The molecule has 0 unspecified atom stereocenters. The van der Waals surface area contributed by atoms with Crippen LogP contribution in [0, 0.1) is 58.2 Å². The maximum atomic E-state index is 13.5. The van der Waals surface area contributed by atoms with Crippen LogP contribution >= 0.6 is 0 Å². The Morgan fingerprint density at radius 2 is 1.58 bits per heavy atom. The van der Waals surface area contributed by atoms with Crippen LogP contribution < -0.4 is 4.90 Å². The van der Waals surface area contributed by atoms with Crippen LogP contribution in [0.3, 0.4) is 0 Å². The standard InChI is InChI=1S/C50H65NO4/c1-34(2)12-10-13-35(3)43-25-26-44-42-24-22-39-32-41(28-30-49(39,4)45(42)29-31-50(43,44)5)55-48(54)27-23-40(52)17-11-19-47(53)51-33-38-16-7-6-14-36(38)20-21-37-15-8-9-18-46(37)51/h6-9,14-16,18,22,34-35,41-45H,10-13,17,19,23-33H2,1-5H3/t35-,41+,42+,43-,44+,45+,49+,50-/m1/s1. The van der Waals surface area contributed by atoms with Crippen LogP contribution in [0.4, 0.5) is 5.69 Å². The van der Waals surface area contributed by atoms with Crippen molar-refractivity contribution in [2.24, 2.45) is 46.3 Å². The molecule has 2 aromatic carbocycles. The molecule has 3 saturated carbocycles. The molecule has 1 amide bonds. The number of fused-ring (bicyclic) bond motifs is 7. The van der Waals surface area contributed by atoms with Crippen molar-refractivity contribution in [2.45, 2.75) is 150 Å². The van der Waals surface area contributed by atoms with E-state index in [1.165, 1.54) is 56.9 Å². The number of amides is 1. The molecule has 5 heteroatoms. The first-order chi connectivity index (χ1) is 26.5. The number of Topliss-reactive ketones (excluding diaryl/α,β-unsaturated/α-hetero) is 1. The summed E-state index contributed by atoms with van der Waals surface area (Å²) in [6.07, 6.45) is 17.4. The van der Waals surface area contributed by atoms with E-state index in [0.29, 0.717) is 18.4 Å². The molecule has 0 aromatic heterocycles. The molecule has 5 nitrogen and oxygen atoms in total. The number of hydrogen-bond donors (Lipinski definition) is 0. The molecule has 2 aromatic rings. The SMILES string of the molecule is CC(C)CCC[C@@H](C)[C@H]1CC[C@H]2[C@@H]3CC=C4C[C@@H](OC(=O)CCC(=O)CCCC(=O)N5Cc6ccccc6C#Cc6ccccc65)CC[C@]4(C)[C@H]3CC[C@]12C. The average Bonchev–Trinajstić information content (AvgIpc) is 3.52. The zero-order chi connectivity index (χ0) is 38.7. The lowest BCUT2D eigenvalue weighted by Gasteiger charge is -2.58. The second-order valence-corrected chi connectivity index (χ2v) is 18.9. The fourth-order valence-electron chi connectivity index (χ4n) is 12.1. The third-order valence-corrected chi connectivity index (χ3v) is 15.2. The number of benzene rings is 2. The molecule has 8 atom stereocenters. The van der Waals surface area contributed by atoms with Crippen molar-refractivity contribution in [2.75, 3.05) is 4.90 Å². The Hall–Kier alpha value is -3.65. The number of nitrogens with zero attached hydrogens (tertiary/aromatic N) is 1. The average molecular weight is 744 g/mol. The topological polar surface area (TPSA) is 63.7 Å². The number of anilines is 1. The van der Waals surface area contributed by atoms with Gasteiger partial charge in [-0.1, -0.05) is 108 Å². The molecule has 0 bridgehead atoms. The molecule has 1 aliphatic heterocycles. The highest BCUT2D eigenvalue weighted by Gasteiger charge is 2.59. The number of ether oxygens (including phenoxy) is 1. The van der Waals surface area contributed by atoms with Crippen molar-refractivity contribution < 1.29 is 19.1 Å². The van der Waals surface area contributed by atoms with Crippen LogP contribution in [0.1, 0.15) is 154 Å². The largest absolute Gasteiger partial charge is 0.462 e. The summed E-state index contributed by atoms with van der Waals surface area (Å²) in [6.45, 7) is 12.9. The highest BCUT2D eigenvalue weighted by molar-refractivity contribution is 5.95. The van der Waals surface area contributed by atoms with E-state index < -0.39 is 0 Å². The fourth-order valence-corrected chi connectivity index (χ4v) is 12.1. The number of rotatable bonds is 13. The van der Waals surface area contributed by atoms with Crippen molar-refractivity contribution in [3.8, 4) is 11.8 Å². The van der Waals surface area contributed by atoms with Gasteiger partial charge in [0.2, 0.25) is 5.91 Å². The van der Waals surface area contributed by atoms with Crippen molar-refractivity contribution in [1.82, 2.24) is 0 Å². The second-order valence-electron chi connectivity index (χ2n) is 18.9. The van der Waals surface area contributed by atoms with Gasteiger partial charge in [-0.05, 0) is 121 Å². The summed E-state index contributed by atoms with van der Waals surface area (Å²) in [6, 6.07) is 15.7. The van der Waals surface area contributed by atoms with Gasteiger partial charge in [0, 0.05) is 36.8 Å². The molecule has 0 radical (unpaired) electrons. The van der Waals surface area contributed by atoms with Gasteiger partial charge in [-0.3, -0.25) is 14.4 Å². The number of esters is 1. The Kier molecular flexibility index (Phi) is 12.1. The molecule has 7 rings (SSSR count). The molecule has 0 saturated heterocycles. The van der Waals surface area contributed by atoms with Crippen LogP contribution in [0.2, 0.25) is 0 Å². The number of carbonyl (C=O) groups is 3. The molecular formula is C50H65NO4. The molecule has 0 spiro atoms. The predicted molar refractivity (Wildman–Crippen MR) is 221 cm³/mol. The van der Waals surface area contributed by atoms with Crippen molar-refractivity contribution in [1.29, 1.82) is 0 Å². The highest BCUT2D eigenvalue weighted by atomic mass is 16.5. The molecule has 294 valence electrons. The Bertz CT molecular complexity index is 1830. The molecule has 1 heterocycles. The van der Waals surface area contributed by atoms with E-state index in [1.54, 1.807) is 4.90 Å². The van der Waals surface area contributed by atoms with E-state index in [4.69, 9.17) is 4.74 Å². The predicted octanol–water partition coefficient (Wildman–Crippen LogP) is 11.4. The summed E-state index contributed by atoms with van der Waals surface area (Å²) < 4.78 is 6.05. The first-order valence-corrected chi connectivity index (χ1v) is 21.9. The lowest BCUT2D eigenvalue weighted by molar-refractivity contribution is -0.152. The first-order valence-electron chi connectivity index (χ1n) is 21.9. The molecule has 5 aliphatic rings. The fraction of sp³-hybridized carbons (Fsp3) is 0.620. The minimum absolute atomic E-state index is 0.00896. The van der Waals surface area contributed by atoms with Gasteiger partial charge in [0.25, 0.3) is 0 Å². The van der Waals surface area contributed by atoms with Gasteiger partial charge in [0.15, 0.2) is 0 Å². The minimum Gasteiger partial charge on any atom is -0.462 e. The number of hydrogen-bond acceptors (Lipinski definition) is 4. The Labute approximate surface area is 331 Å². The lowest BCUT2D eigenvalue weighted by atomic mass is 9.47. The van der Waals surface area contributed by atoms with E-state index in [1.807, 2.05) is 48.5 Å². The van der Waals surface area contributed by atoms with Gasteiger partial charge in [-0.15, -0.1) is 0 Å². The number of carbonyl (C=O) groups excluding carboxylic acids is 3. The second kappa shape index (κ2) is 16.8. The van der Waals surface area contributed by atoms with Gasteiger partial charge < -0.3 is 9.64 Å². The van der Waals surface area contributed by atoms with E-state index in [2.05, 4.69) is 52.5 Å². The number of para-hydroxylation sites is 1. The quantitative estimate of drug-likeness (QED) is 0.116. The van der Waals surface area contributed by atoms with E-state index >= 15 is 0 Å². The summed E-state index contributed by atoms with van der Waals surface area (Å²) in [4.78, 5) is 41.3. The van der Waals surface area contributed by atoms with E-state index in [9.17, 15) is 14.4 Å². The van der Waals surface area contributed by atoms with Crippen molar-refractivity contribution >= 4 is 23.3 Å². The number of ketones is 1.